The number of nitrogens with zero attached hydrogens (tertiary/aromatic N) is 1. The molecule has 0 atom stereocenters. The van der Waals surface area contributed by atoms with E-state index in [2.05, 4.69) is 34.9 Å². The summed E-state index contributed by atoms with van der Waals surface area (Å²) in [5.74, 6) is 0. The fourth-order valence-corrected chi connectivity index (χ4v) is 4.97. The molecule has 0 radical (unpaired) electrons. The Labute approximate surface area is 157 Å². The van der Waals surface area contributed by atoms with Crippen molar-refractivity contribution in [2.45, 2.75) is 44.9 Å². The second kappa shape index (κ2) is 7.41. The number of benzene rings is 2. The van der Waals surface area contributed by atoms with E-state index >= 15 is 0 Å². The Kier molecular flexibility index (Phi) is 5.39. The molecule has 0 fully saturated rings. The summed E-state index contributed by atoms with van der Waals surface area (Å²) in [5.41, 5.74) is 6.74. The van der Waals surface area contributed by atoms with E-state index in [4.69, 9.17) is 0 Å². The van der Waals surface area contributed by atoms with Crippen molar-refractivity contribution in [1.82, 2.24) is 4.72 Å². The lowest BCUT2D eigenvalue weighted by Gasteiger charge is -2.27. The van der Waals surface area contributed by atoms with Crippen LogP contribution in [0.1, 0.15) is 34.2 Å². The van der Waals surface area contributed by atoms with Crippen molar-refractivity contribution in [1.29, 1.82) is 0 Å². The van der Waals surface area contributed by atoms with Crippen LogP contribution in [0.5, 0.6) is 0 Å². The number of hydrogen-bond acceptors (Lipinski definition) is 3. The molecule has 0 aliphatic carbocycles. The second-order valence-corrected chi connectivity index (χ2v) is 9.07. The molecule has 0 amide bonds. The van der Waals surface area contributed by atoms with Crippen LogP contribution in [-0.2, 0) is 22.9 Å². The van der Waals surface area contributed by atoms with Gasteiger partial charge in [0.05, 0.1) is 4.90 Å². The molecule has 0 saturated heterocycles. The number of hydrogen-bond donors (Lipinski definition) is 1. The number of anilines is 1. The highest BCUT2D eigenvalue weighted by Gasteiger charge is 2.18. The minimum atomic E-state index is -3.48. The molecule has 1 heterocycles. The Morgan fingerprint density at radius 1 is 1.04 bits per heavy atom. The monoisotopic (exact) mass is 372 g/mol. The van der Waals surface area contributed by atoms with Gasteiger partial charge in [0.2, 0.25) is 10.0 Å². The lowest BCUT2D eigenvalue weighted by molar-refractivity contribution is 0.581. The smallest absolute Gasteiger partial charge is 0.240 e. The standard InChI is InChI=1S/C21H28N2O2S/c1-15-12-17(3)21(13-16(15)2)26(24,25)22-10-9-18-7-8-20-19(14-18)6-5-11-23(20)4/h7-8,12-14,22H,5-6,9-11H2,1-4H3. The lowest BCUT2D eigenvalue weighted by atomic mass is 9.98. The fourth-order valence-electron chi connectivity index (χ4n) is 3.63. The highest BCUT2D eigenvalue weighted by atomic mass is 32.2. The zero-order valence-corrected chi connectivity index (χ0v) is 16.9. The maximum atomic E-state index is 12.7. The Morgan fingerprint density at radius 2 is 1.77 bits per heavy atom. The van der Waals surface area contributed by atoms with Gasteiger partial charge in [-0.05, 0) is 80.0 Å². The molecule has 1 aliphatic heterocycles. The van der Waals surface area contributed by atoms with Gasteiger partial charge in [-0.2, -0.15) is 0 Å². The Hall–Kier alpha value is -1.85. The Balaban J connectivity index is 1.69. The van der Waals surface area contributed by atoms with Crippen LogP contribution in [0.4, 0.5) is 5.69 Å². The summed E-state index contributed by atoms with van der Waals surface area (Å²) in [7, 11) is -1.36. The van der Waals surface area contributed by atoms with Crippen LogP contribution in [-0.4, -0.2) is 28.6 Å². The summed E-state index contributed by atoms with van der Waals surface area (Å²) in [5, 5.41) is 0. The SMILES string of the molecule is Cc1cc(C)c(S(=O)(=O)NCCc2ccc3c(c2)CCCN3C)cc1C. The summed E-state index contributed by atoms with van der Waals surface area (Å²) in [6, 6.07) is 10.2. The third kappa shape index (κ3) is 3.94. The van der Waals surface area contributed by atoms with E-state index < -0.39 is 10.0 Å². The predicted molar refractivity (Wildman–Crippen MR) is 108 cm³/mol. The summed E-state index contributed by atoms with van der Waals surface area (Å²) in [4.78, 5) is 2.67. The van der Waals surface area contributed by atoms with Crippen LogP contribution in [0.2, 0.25) is 0 Å². The van der Waals surface area contributed by atoms with Gasteiger partial charge < -0.3 is 4.90 Å². The number of nitrogens with one attached hydrogen (secondary N) is 1. The van der Waals surface area contributed by atoms with Gasteiger partial charge in [0.25, 0.3) is 0 Å². The van der Waals surface area contributed by atoms with E-state index in [0.717, 1.165) is 29.7 Å². The van der Waals surface area contributed by atoms with E-state index in [1.54, 1.807) is 6.07 Å². The Bertz CT molecular complexity index is 920. The Morgan fingerprint density at radius 3 is 2.54 bits per heavy atom. The van der Waals surface area contributed by atoms with Crippen molar-refractivity contribution in [2.75, 3.05) is 25.0 Å². The van der Waals surface area contributed by atoms with E-state index in [9.17, 15) is 8.42 Å². The average Bonchev–Trinajstić information content (AvgIpc) is 2.58. The first-order valence-corrected chi connectivity index (χ1v) is 10.7. The van der Waals surface area contributed by atoms with Gasteiger partial charge >= 0.3 is 0 Å². The molecule has 0 spiro atoms. The van der Waals surface area contributed by atoms with Crippen LogP contribution in [0.15, 0.2) is 35.2 Å². The third-order valence-electron chi connectivity index (χ3n) is 5.28. The molecule has 1 aliphatic rings. The van der Waals surface area contributed by atoms with Crippen LogP contribution in [0.25, 0.3) is 0 Å². The molecule has 26 heavy (non-hydrogen) atoms. The molecule has 0 saturated carbocycles. The summed E-state index contributed by atoms with van der Waals surface area (Å²) in [6.07, 6.45) is 2.97. The van der Waals surface area contributed by atoms with E-state index in [1.807, 2.05) is 26.8 Å². The van der Waals surface area contributed by atoms with Gasteiger partial charge in [0.15, 0.2) is 0 Å². The molecule has 5 heteroatoms. The number of fused-ring (bicyclic) bond motifs is 1. The van der Waals surface area contributed by atoms with Crippen molar-refractivity contribution in [3.8, 4) is 0 Å². The highest BCUT2D eigenvalue weighted by Crippen LogP contribution is 2.27. The van der Waals surface area contributed by atoms with Crippen molar-refractivity contribution >= 4 is 15.7 Å². The first kappa shape index (κ1) is 18.9. The topological polar surface area (TPSA) is 49.4 Å². The zero-order chi connectivity index (χ0) is 18.9. The highest BCUT2D eigenvalue weighted by molar-refractivity contribution is 7.89. The summed E-state index contributed by atoms with van der Waals surface area (Å²) < 4.78 is 28.1. The van der Waals surface area contributed by atoms with E-state index in [1.165, 1.54) is 23.2 Å². The van der Waals surface area contributed by atoms with Crippen LogP contribution < -0.4 is 9.62 Å². The zero-order valence-electron chi connectivity index (χ0n) is 16.1. The molecular weight excluding hydrogens is 344 g/mol. The minimum Gasteiger partial charge on any atom is -0.374 e. The molecule has 0 aromatic heterocycles. The van der Waals surface area contributed by atoms with E-state index in [-0.39, 0.29) is 0 Å². The molecule has 3 rings (SSSR count). The van der Waals surface area contributed by atoms with Crippen molar-refractivity contribution in [2.24, 2.45) is 0 Å². The van der Waals surface area contributed by atoms with Gasteiger partial charge in [-0.15, -0.1) is 0 Å². The second-order valence-electron chi connectivity index (χ2n) is 7.34. The fraction of sp³-hybridized carbons (Fsp3) is 0.429. The van der Waals surface area contributed by atoms with Crippen molar-refractivity contribution in [3.05, 3.63) is 58.1 Å². The molecule has 4 nitrogen and oxygen atoms in total. The van der Waals surface area contributed by atoms with Crippen LogP contribution in [0.3, 0.4) is 0 Å². The predicted octanol–water partition coefficient (Wildman–Crippen LogP) is 3.52. The molecule has 2 aromatic rings. The first-order valence-electron chi connectivity index (χ1n) is 9.18. The maximum absolute atomic E-state index is 12.7. The number of aryl methyl sites for hydroxylation is 4. The molecular formula is C21H28N2O2S. The van der Waals surface area contributed by atoms with Gasteiger partial charge in [0, 0.05) is 25.8 Å². The molecule has 0 unspecified atom stereocenters. The quantitative estimate of drug-likeness (QED) is 0.874. The van der Waals surface area contributed by atoms with Crippen LogP contribution in [0, 0.1) is 20.8 Å². The minimum absolute atomic E-state index is 0.382. The van der Waals surface area contributed by atoms with Crippen molar-refractivity contribution < 1.29 is 8.42 Å². The number of sulfonamides is 1. The normalized spacial score (nSPS) is 14.4. The van der Waals surface area contributed by atoms with Gasteiger partial charge in [-0.3, -0.25) is 0 Å². The largest absolute Gasteiger partial charge is 0.374 e. The van der Waals surface area contributed by atoms with Gasteiger partial charge in [-0.1, -0.05) is 18.2 Å². The summed E-state index contributed by atoms with van der Waals surface area (Å²) in [6.45, 7) is 7.30. The first-order chi connectivity index (χ1) is 12.3. The summed E-state index contributed by atoms with van der Waals surface area (Å²) >= 11 is 0. The van der Waals surface area contributed by atoms with E-state index in [0.29, 0.717) is 17.9 Å². The lowest BCUT2D eigenvalue weighted by Crippen LogP contribution is -2.27. The maximum Gasteiger partial charge on any atom is 0.240 e. The average molecular weight is 373 g/mol. The van der Waals surface area contributed by atoms with Gasteiger partial charge in [0.1, 0.15) is 0 Å². The third-order valence-corrected chi connectivity index (χ3v) is 6.88. The van der Waals surface area contributed by atoms with Crippen molar-refractivity contribution in [3.63, 3.8) is 0 Å². The number of rotatable bonds is 5. The van der Waals surface area contributed by atoms with Gasteiger partial charge in [-0.25, -0.2) is 13.1 Å². The molecule has 0 bridgehead atoms. The molecule has 2 aromatic carbocycles. The molecule has 140 valence electrons. The molecule has 1 N–H and O–H groups in total. The van der Waals surface area contributed by atoms with Crippen LogP contribution >= 0.6 is 0 Å².